The number of fused-ring (bicyclic) bond motifs is 1. The first kappa shape index (κ1) is 11.6. The van der Waals surface area contributed by atoms with Crippen LogP contribution in [-0.2, 0) is 13.5 Å². The smallest absolute Gasteiger partial charge is 0.171 e. The Hall–Kier alpha value is -2.49. The number of benzene rings is 1. The number of nitrogens with zero attached hydrogens (tertiary/aromatic N) is 3. The Bertz CT molecular complexity index is 740. The average Bonchev–Trinajstić information content (AvgIpc) is 2.83. The number of para-hydroxylation sites is 1. The third-order valence-electron chi connectivity index (χ3n) is 3.19. The molecule has 0 unspecified atom stereocenters. The van der Waals surface area contributed by atoms with Crippen LogP contribution in [-0.4, -0.2) is 20.3 Å². The summed E-state index contributed by atoms with van der Waals surface area (Å²) < 4.78 is 1.86. The van der Waals surface area contributed by atoms with Crippen molar-refractivity contribution in [1.29, 1.82) is 0 Å². The molecule has 4 nitrogen and oxygen atoms in total. The Balaban J connectivity index is 2.00. The van der Waals surface area contributed by atoms with Gasteiger partial charge in [0.1, 0.15) is 5.82 Å². The normalized spacial score (nSPS) is 10.8. The van der Waals surface area contributed by atoms with Crippen LogP contribution in [0.25, 0.3) is 10.9 Å². The summed E-state index contributed by atoms with van der Waals surface area (Å²) in [7, 11) is 1.89. The number of imidazole rings is 1. The number of hydrogen-bond acceptors (Lipinski definition) is 3. The zero-order valence-corrected chi connectivity index (χ0v) is 10.6. The number of aromatic nitrogens is 3. The van der Waals surface area contributed by atoms with Gasteiger partial charge in [-0.3, -0.25) is 9.78 Å². The summed E-state index contributed by atoms with van der Waals surface area (Å²) in [6, 6.07) is 9.44. The van der Waals surface area contributed by atoms with E-state index in [9.17, 15) is 4.79 Å². The molecule has 0 saturated carbocycles. The standard InChI is InChI=1S/C15H13N3O/c1-18-9-8-17-15(18)10-14(19)12-6-7-16-13-5-3-2-4-11(12)13/h2-9H,10H2,1H3. The van der Waals surface area contributed by atoms with E-state index < -0.39 is 0 Å². The molecule has 94 valence electrons. The number of aryl methyl sites for hydroxylation is 1. The third-order valence-corrected chi connectivity index (χ3v) is 3.19. The predicted molar refractivity (Wildman–Crippen MR) is 73.0 cm³/mol. The monoisotopic (exact) mass is 251 g/mol. The lowest BCUT2D eigenvalue weighted by Crippen LogP contribution is -2.09. The molecule has 0 aliphatic rings. The number of ketones is 1. The van der Waals surface area contributed by atoms with Crippen molar-refractivity contribution < 1.29 is 4.79 Å². The van der Waals surface area contributed by atoms with Crippen molar-refractivity contribution in [1.82, 2.24) is 14.5 Å². The highest BCUT2D eigenvalue weighted by Crippen LogP contribution is 2.17. The molecule has 0 spiro atoms. The van der Waals surface area contributed by atoms with Gasteiger partial charge in [0, 0.05) is 36.6 Å². The van der Waals surface area contributed by atoms with Gasteiger partial charge in [-0.05, 0) is 12.1 Å². The molecule has 2 aromatic heterocycles. The van der Waals surface area contributed by atoms with Crippen molar-refractivity contribution >= 4 is 16.7 Å². The molecule has 3 rings (SSSR count). The van der Waals surface area contributed by atoms with E-state index in [0.29, 0.717) is 12.0 Å². The Labute approximate surface area is 110 Å². The van der Waals surface area contributed by atoms with Crippen molar-refractivity contribution in [2.75, 3.05) is 0 Å². The summed E-state index contributed by atoms with van der Waals surface area (Å²) in [5, 5.41) is 0.893. The number of rotatable bonds is 3. The number of Topliss-reactive ketones (excluding diaryl/α,β-unsaturated/α-hetero) is 1. The highest BCUT2D eigenvalue weighted by atomic mass is 16.1. The summed E-state index contributed by atoms with van der Waals surface area (Å²) in [4.78, 5) is 20.9. The molecule has 2 heterocycles. The van der Waals surface area contributed by atoms with Gasteiger partial charge in [0.2, 0.25) is 0 Å². The quantitative estimate of drug-likeness (QED) is 0.671. The van der Waals surface area contributed by atoms with Crippen LogP contribution in [0.3, 0.4) is 0 Å². The maximum absolute atomic E-state index is 12.4. The lowest BCUT2D eigenvalue weighted by Gasteiger charge is -2.05. The summed E-state index contributed by atoms with van der Waals surface area (Å²) in [5.74, 6) is 0.832. The zero-order chi connectivity index (χ0) is 13.2. The fraction of sp³-hybridized carbons (Fsp3) is 0.133. The van der Waals surface area contributed by atoms with Crippen molar-refractivity contribution in [3.63, 3.8) is 0 Å². The Kier molecular flexibility index (Phi) is 2.83. The molecule has 0 fully saturated rings. The van der Waals surface area contributed by atoms with Gasteiger partial charge in [0.15, 0.2) is 5.78 Å². The van der Waals surface area contributed by atoms with Crippen molar-refractivity contribution in [3.8, 4) is 0 Å². The first-order valence-corrected chi connectivity index (χ1v) is 6.09. The van der Waals surface area contributed by atoms with E-state index in [1.54, 1.807) is 18.5 Å². The fourth-order valence-corrected chi connectivity index (χ4v) is 2.14. The molecule has 0 atom stereocenters. The van der Waals surface area contributed by atoms with E-state index in [1.165, 1.54) is 0 Å². The molecule has 0 aliphatic heterocycles. The molecule has 0 aliphatic carbocycles. The Morgan fingerprint density at radius 3 is 2.79 bits per heavy atom. The molecule has 1 aromatic carbocycles. The number of carbonyl (C=O) groups excluding carboxylic acids is 1. The van der Waals surface area contributed by atoms with Gasteiger partial charge < -0.3 is 4.57 Å². The first-order chi connectivity index (χ1) is 9.25. The van der Waals surface area contributed by atoms with E-state index in [2.05, 4.69) is 9.97 Å². The number of hydrogen-bond donors (Lipinski definition) is 0. The second-order valence-electron chi connectivity index (χ2n) is 4.43. The van der Waals surface area contributed by atoms with Gasteiger partial charge in [-0.2, -0.15) is 0 Å². The van der Waals surface area contributed by atoms with Gasteiger partial charge in [0.25, 0.3) is 0 Å². The summed E-state index contributed by atoms with van der Waals surface area (Å²) in [5.41, 5.74) is 1.54. The predicted octanol–water partition coefficient (Wildman–Crippen LogP) is 2.39. The van der Waals surface area contributed by atoms with Crippen molar-refractivity contribution in [2.45, 2.75) is 6.42 Å². The molecule has 4 heteroatoms. The molecule has 3 aromatic rings. The van der Waals surface area contributed by atoms with Gasteiger partial charge in [0.05, 0.1) is 11.9 Å². The van der Waals surface area contributed by atoms with Gasteiger partial charge in [-0.25, -0.2) is 4.98 Å². The average molecular weight is 251 g/mol. The Morgan fingerprint density at radius 1 is 1.16 bits per heavy atom. The minimum Gasteiger partial charge on any atom is -0.338 e. The molecule has 0 radical (unpaired) electrons. The second-order valence-corrected chi connectivity index (χ2v) is 4.43. The molecule has 0 amide bonds. The maximum atomic E-state index is 12.4. The molecule has 0 saturated heterocycles. The van der Waals surface area contributed by atoms with Crippen LogP contribution in [0.4, 0.5) is 0 Å². The van der Waals surface area contributed by atoms with E-state index in [4.69, 9.17) is 0 Å². The molecular weight excluding hydrogens is 238 g/mol. The molecule has 0 bridgehead atoms. The van der Waals surface area contributed by atoms with Crippen LogP contribution >= 0.6 is 0 Å². The third kappa shape index (κ3) is 2.12. The highest BCUT2D eigenvalue weighted by molar-refractivity contribution is 6.07. The molecule has 0 N–H and O–H groups in total. The Morgan fingerprint density at radius 2 is 2.00 bits per heavy atom. The maximum Gasteiger partial charge on any atom is 0.171 e. The molecular formula is C15H13N3O. The van der Waals surface area contributed by atoms with Crippen molar-refractivity contribution in [2.24, 2.45) is 7.05 Å². The van der Waals surface area contributed by atoms with Gasteiger partial charge in [-0.15, -0.1) is 0 Å². The summed E-state index contributed by atoms with van der Waals surface area (Å²) >= 11 is 0. The minimum atomic E-state index is 0.0629. The van der Waals surface area contributed by atoms with E-state index >= 15 is 0 Å². The lowest BCUT2D eigenvalue weighted by atomic mass is 10.0. The number of carbonyl (C=O) groups is 1. The van der Waals surface area contributed by atoms with Crippen LogP contribution in [0.15, 0.2) is 48.9 Å². The van der Waals surface area contributed by atoms with Crippen LogP contribution < -0.4 is 0 Å². The highest BCUT2D eigenvalue weighted by Gasteiger charge is 2.13. The van der Waals surface area contributed by atoms with Crippen LogP contribution in [0.1, 0.15) is 16.2 Å². The SMILES string of the molecule is Cn1ccnc1CC(=O)c1ccnc2ccccc12. The van der Waals surface area contributed by atoms with Crippen molar-refractivity contribution in [3.05, 3.63) is 60.3 Å². The van der Waals surface area contributed by atoms with E-state index in [0.717, 1.165) is 16.7 Å². The zero-order valence-electron chi connectivity index (χ0n) is 10.6. The van der Waals surface area contributed by atoms with Crippen LogP contribution in [0.2, 0.25) is 0 Å². The number of pyridine rings is 1. The topological polar surface area (TPSA) is 47.8 Å². The largest absolute Gasteiger partial charge is 0.338 e. The minimum absolute atomic E-state index is 0.0629. The van der Waals surface area contributed by atoms with Gasteiger partial charge in [-0.1, -0.05) is 18.2 Å². The van der Waals surface area contributed by atoms with Crippen LogP contribution in [0.5, 0.6) is 0 Å². The van der Waals surface area contributed by atoms with E-state index in [-0.39, 0.29) is 5.78 Å². The van der Waals surface area contributed by atoms with Gasteiger partial charge >= 0.3 is 0 Å². The van der Waals surface area contributed by atoms with Crippen LogP contribution in [0, 0.1) is 0 Å². The summed E-state index contributed by atoms with van der Waals surface area (Å²) in [6.07, 6.45) is 5.52. The summed E-state index contributed by atoms with van der Waals surface area (Å²) in [6.45, 7) is 0. The lowest BCUT2D eigenvalue weighted by molar-refractivity contribution is 0.0991. The molecule has 19 heavy (non-hydrogen) atoms. The van der Waals surface area contributed by atoms with E-state index in [1.807, 2.05) is 42.1 Å². The fourth-order valence-electron chi connectivity index (χ4n) is 2.14. The first-order valence-electron chi connectivity index (χ1n) is 6.09. The second kappa shape index (κ2) is 4.65.